The van der Waals surface area contributed by atoms with Crippen LogP contribution in [-0.4, -0.2) is 144 Å². The van der Waals surface area contributed by atoms with E-state index in [2.05, 4.69) is 69.2 Å². The SMILES string of the molecule is C[Si](C)(C)CCOCN1C(=O)NC(OC2CCOC2)C=C1Cl.C[Si](C)(C)CCOCn1c(Cl)cc(=O)[nH]c1=O.C[Si](C)(C)CCOCn1c(Cl)cc(=O)n(C2CCOC2)c1=O.OC1CCOC1. The fourth-order valence-electron chi connectivity index (χ4n) is 6.06. The highest BCUT2D eigenvalue weighted by molar-refractivity contribution is 6.76. The molecule has 0 aromatic carbocycles. The first-order valence-corrected chi connectivity index (χ1v) is 34.9. The molecule has 4 aliphatic rings. The van der Waals surface area contributed by atoms with E-state index in [1.165, 1.54) is 24.7 Å². The number of nitrogens with one attached hydrogen (secondary N) is 2. The molecular formula is C42H73Cl3N6O13Si3. The zero-order chi connectivity index (χ0) is 50.0. The Morgan fingerprint density at radius 3 is 1.67 bits per heavy atom. The predicted molar refractivity (Wildman–Crippen MR) is 268 cm³/mol. The zero-order valence-electron chi connectivity index (χ0n) is 40.5. The molecule has 4 aliphatic heterocycles. The molecule has 0 radical (unpaired) electrons. The Balaban J connectivity index is 0.000000252. The number of amides is 2. The van der Waals surface area contributed by atoms with Gasteiger partial charge < -0.3 is 43.6 Å². The van der Waals surface area contributed by atoms with Gasteiger partial charge in [-0.05, 0) is 37.4 Å². The lowest BCUT2D eigenvalue weighted by atomic mass is 10.2. The van der Waals surface area contributed by atoms with Crippen LogP contribution >= 0.6 is 34.8 Å². The minimum Gasteiger partial charge on any atom is -0.391 e. The first kappa shape index (κ1) is 58.9. The highest BCUT2D eigenvalue weighted by Gasteiger charge is 2.29. The Morgan fingerprint density at radius 1 is 0.687 bits per heavy atom. The monoisotopic (exact) mass is 1060 g/mol. The third-order valence-electron chi connectivity index (χ3n) is 10.3. The molecule has 2 amide bonds. The summed E-state index contributed by atoms with van der Waals surface area (Å²) in [6, 6.07) is 4.98. The van der Waals surface area contributed by atoms with Crippen LogP contribution in [0.3, 0.4) is 0 Å². The molecule has 4 atom stereocenters. The van der Waals surface area contributed by atoms with Gasteiger partial charge in [-0.2, -0.15) is 0 Å². The van der Waals surface area contributed by atoms with Crippen LogP contribution < -0.4 is 27.8 Å². The largest absolute Gasteiger partial charge is 0.391 e. The van der Waals surface area contributed by atoms with Crippen molar-refractivity contribution in [2.24, 2.45) is 0 Å². The Bertz CT molecular complexity index is 2100. The molecule has 2 aromatic heterocycles. The highest BCUT2D eigenvalue weighted by Crippen LogP contribution is 2.20. The summed E-state index contributed by atoms with van der Waals surface area (Å²) < 4.78 is 41.3. The van der Waals surface area contributed by atoms with Crippen molar-refractivity contribution in [2.75, 3.05) is 66.2 Å². The molecule has 67 heavy (non-hydrogen) atoms. The van der Waals surface area contributed by atoms with Crippen molar-refractivity contribution < 1.29 is 43.1 Å². The number of hydrogen-bond donors (Lipinski definition) is 3. The van der Waals surface area contributed by atoms with Crippen molar-refractivity contribution >= 4 is 65.1 Å². The Labute approximate surface area is 410 Å². The summed E-state index contributed by atoms with van der Waals surface area (Å²) in [4.78, 5) is 62.5. The second-order valence-electron chi connectivity index (χ2n) is 20.1. The molecule has 6 heterocycles. The van der Waals surface area contributed by atoms with Crippen molar-refractivity contribution in [3.63, 3.8) is 0 Å². The lowest BCUT2D eigenvalue weighted by Crippen LogP contribution is -2.50. The number of rotatable bonds is 18. The predicted octanol–water partition coefficient (Wildman–Crippen LogP) is 5.74. The van der Waals surface area contributed by atoms with E-state index in [-0.39, 0.29) is 60.3 Å². The van der Waals surface area contributed by atoms with Crippen molar-refractivity contribution in [3.05, 3.63) is 75.3 Å². The molecule has 3 fully saturated rings. The average molecular weight is 1060 g/mol. The number of halogens is 3. The molecule has 0 bridgehead atoms. The van der Waals surface area contributed by atoms with Gasteiger partial charge in [0.05, 0.1) is 38.1 Å². The quantitative estimate of drug-likeness (QED) is 0.0704. The number of ether oxygens (including phenoxy) is 7. The van der Waals surface area contributed by atoms with Crippen LogP contribution in [0.5, 0.6) is 0 Å². The van der Waals surface area contributed by atoms with Gasteiger partial charge in [-0.25, -0.2) is 14.4 Å². The van der Waals surface area contributed by atoms with E-state index in [1.54, 1.807) is 6.08 Å². The van der Waals surface area contributed by atoms with E-state index in [1.807, 2.05) is 0 Å². The van der Waals surface area contributed by atoms with Gasteiger partial charge in [-0.3, -0.25) is 33.2 Å². The average Bonchev–Trinajstić information content (AvgIpc) is 4.02. The maximum Gasteiger partial charge on any atom is 0.334 e. The number of carbonyl (C=O) groups excluding carboxylic acids is 1. The maximum absolute atomic E-state index is 12.5. The molecule has 4 unspecified atom stereocenters. The summed E-state index contributed by atoms with van der Waals surface area (Å²) in [5.41, 5.74) is -1.86. The van der Waals surface area contributed by atoms with Gasteiger partial charge in [-0.1, -0.05) is 93.7 Å². The van der Waals surface area contributed by atoms with Gasteiger partial charge in [0.25, 0.3) is 11.1 Å². The smallest absolute Gasteiger partial charge is 0.334 e. The second-order valence-corrected chi connectivity index (χ2v) is 38.1. The van der Waals surface area contributed by atoms with E-state index in [4.69, 9.17) is 73.1 Å². The molecule has 0 aliphatic carbocycles. The maximum atomic E-state index is 12.5. The van der Waals surface area contributed by atoms with Gasteiger partial charge >= 0.3 is 17.4 Å². The molecule has 3 N–H and O–H groups in total. The molecular weight excluding hydrogens is 987 g/mol. The molecule has 19 nitrogen and oxygen atoms in total. The summed E-state index contributed by atoms with van der Waals surface area (Å²) in [7, 11) is -3.45. The second kappa shape index (κ2) is 28.4. The number of aromatic amines is 1. The third-order valence-corrected chi connectivity index (χ3v) is 16.3. The van der Waals surface area contributed by atoms with E-state index in [9.17, 15) is 24.0 Å². The molecule has 382 valence electrons. The van der Waals surface area contributed by atoms with Gasteiger partial charge in [-0.15, -0.1) is 0 Å². The molecule has 2 aromatic rings. The number of aromatic nitrogens is 4. The van der Waals surface area contributed by atoms with Gasteiger partial charge in [0.15, 0.2) is 6.23 Å². The molecule has 25 heteroatoms. The summed E-state index contributed by atoms with van der Waals surface area (Å²) in [5, 5.41) is 11.9. The first-order valence-electron chi connectivity index (χ1n) is 22.6. The number of aliphatic hydroxyl groups excluding tert-OH is 1. The van der Waals surface area contributed by atoms with E-state index in [0.717, 1.165) is 43.6 Å². The lowest BCUT2D eigenvalue weighted by Gasteiger charge is -2.31. The summed E-state index contributed by atoms with van der Waals surface area (Å²) in [6.45, 7) is 26.0. The normalized spacial score (nSPS) is 20.8. The zero-order valence-corrected chi connectivity index (χ0v) is 45.8. The van der Waals surface area contributed by atoms with Gasteiger partial charge in [0, 0.05) is 82.1 Å². The number of aliphatic hydroxyl groups is 1. The fraction of sp³-hybridized carbons (Fsp3) is 0.738. The van der Waals surface area contributed by atoms with Crippen LogP contribution in [0.4, 0.5) is 4.79 Å². The van der Waals surface area contributed by atoms with Gasteiger partial charge in [0.1, 0.15) is 35.7 Å². The molecule has 3 saturated heterocycles. The number of H-pyrrole nitrogens is 1. The van der Waals surface area contributed by atoms with E-state index < -0.39 is 47.4 Å². The lowest BCUT2D eigenvalue weighted by molar-refractivity contribution is -0.0124. The summed E-state index contributed by atoms with van der Waals surface area (Å²) in [5.74, 6) is 0. The first-order chi connectivity index (χ1) is 31.3. The molecule has 0 saturated carbocycles. The van der Waals surface area contributed by atoms with Crippen molar-refractivity contribution in [3.8, 4) is 0 Å². The topological polar surface area (TPSA) is 216 Å². The number of urea groups is 1. The minimum atomic E-state index is -1.18. The number of nitrogens with zero attached hydrogens (tertiary/aromatic N) is 4. The molecule has 0 spiro atoms. The standard InChI is InChI=1S/C14H25ClN2O4Si.C14H23ClN2O4Si.C10H17ClN2O3Si.C4H8O2/c1-22(2,3)7-6-20-10-17-12(15)8-13(16-14(17)18)21-11-4-5-19-9-11;1-22(2,3)7-6-21-10-16-12(15)8-13(18)17(14(16)19)11-4-5-20-9-11;1-17(2,3)5-4-16-7-13-8(11)6-9(14)12-10(13)15;5-4-1-2-6-3-4/h8,11,13H,4-7,9-10H2,1-3H3,(H,16,18);8,11H,4-7,9-10H2,1-3H3;6H,4-5,7H2,1-3H3,(H,12,14,15);4-5H,1-3H2. The van der Waals surface area contributed by atoms with Crippen molar-refractivity contribution in [2.45, 2.75) is 134 Å². The van der Waals surface area contributed by atoms with Crippen LogP contribution in [0, 0.1) is 0 Å². The van der Waals surface area contributed by atoms with Crippen LogP contribution in [-0.2, 0) is 46.6 Å². The Morgan fingerprint density at radius 2 is 1.21 bits per heavy atom. The fourth-order valence-corrected chi connectivity index (χ4v) is 9.00. The van der Waals surface area contributed by atoms with Gasteiger partial charge in [0.2, 0.25) is 0 Å². The van der Waals surface area contributed by atoms with Crippen LogP contribution in [0.1, 0.15) is 25.3 Å². The summed E-state index contributed by atoms with van der Waals surface area (Å²) >= 11 is 18.0. The van der Waals surface area contributed by atoms with Crippen LogP contribution in [0.25, 0.3) is 0 Å². The van der Waals surface area contributed by atoms with Crippen molar-refractivity contribution in [1.82, 2.24) is 28.9 Å². The minimum absolute atomic E-state index is 0.00515. The third kappa shape index (κ3) is 22.9. The Hall–Kier alpha value is -2.43. The van der Waals surface area contributed by atoms with E-state index in [0.29, 0.717) is 64.4 Å². The summed E-state index contributed by atoms with van der Waals surface area (Å²) in [6.07, 6.45) is 3.32. The van der Waals surface area contributed by atoms with E-state index >= 15 is 0 Å². The Kier molecular flexibility index (Phi) is 25.0. The van der Waals surface area contributed by atoms with Crippen LogP contribution in [0.15, 0.2) is 42.5 Å². The molecule has 6 rings (SSSR count). The number of carbonyl (C=O) groups is 1. The number of hydrogen-bond acceptors (Lipinski definition) is 13. The highest BCUT2D eigenvalue weighted by atomic mass is 35.5. The van der Waals surface area contributed by atoms with Crippen molar-refractivity contribution in [1.29, 1.82) is 0 Å². The van der Waals surface area contributed by atoms with Crippen LogP contribution in [0.2, 0.25) is 87.4 Å².